The van der Waals surface area contributed by atoms with E-state index < -0.39 is 0 Å². The van der Waals surface area contributed by atoms with Crippen LogP contribution in [-0.4, -0.2) is 28.8 Å². The monoisotopic (exact) mass is 249 g/mol. The number of rotatable bonds is 4. The molecule has 1 N–H and O–H groups in total. The largest absolute Gasteiger partial charge is 0.466 e. The highest BCUT2D eigenvalue weighted by molar-refractivity contribution is 5.77. The molecule has 1 fully saturated rings. The van der Waals surface area contributed by atoms with Crippen molar-refractivity contribution in [2.24, 2.45) is 0 Å². The summed E-state index contributed by atoms with van der Waals surface area (Å²) in [6, 6.07) is 2.12. The zero-order valence-electron chi connectivity index (χ0n) is 10.9. The number of hydrogen-bond acceptors (Lipinski definition) is 4. The highest BCUT2D eigenvalue weighted by atomic mass is 16.5. The highest BCUT2D eigenvalue weighted by Gasteiger charge is 2.17. The molecule has 1 heterocycles. The van der Waals surface area contributed by atoms with Gasteiger partial charge in [-0.25, -0.2) is 0 Å². The Bertz CT molecular complexity index is 428. The second kappa shape index (κ2) is 5.80. The van der Waals surface area contributed by atoms with Crippen LogP contribution in [0.4, 0.5) is 0 Å². The average molecular weight is 249 g/mol. The average Bonchev–Trinajstić information content (AvgIpc) is 2.83. The van der Waals surface area contributed by atoms with Gasteiger partial charge in [-0.15, -0.1) is 5.10 Å². The standard InChI is InChI=1S/C13H19N3O2/c1-9-7-13(16-15-10(9)2)18-8-12(17)14-11-5-3-4-6-11/h7,11H,3-6,8H2,1-2H3,(H,14,17). The van der Waals surface area contributed by atoms with E-state index in [1.165, 1.54) is 12.8 Å². The smallest absolute Gasteiger partial charge is 0.258 e. The molecule has 1 aromatic heterocycles. The van der Waals surface area contributed by atoms with Crippen molar-refractivity contribution in [3.63, 3.8) is 0 Å². The maximum Gasteiger partial charge on any atom is 0.258 e. The molecule has 0 radical (unpaired) electrons. The molecule has 1 amide bonds. The lowest BCUT2D eigenvalue weighted by Crippen LogP contribution is -2.36. The van der Waals surface area contributed by atoms with Gasteiger partial charge in [-0.2, -0.15) is 5.10 Å². The van der Waals surface area contributed by atoms with Crippen molar-refractivity contribution in [3.8, 4) is 5.88 Å². The number of nitrogens with one attached hydrogen (secondary N) is 1. The molecule has 2 rings (SSSR count). The number of carbonyl (C=O) groups is 1. The fraction of sp³-hybridized carbons (Fsp3) is 0.615. The van der Waals surface area contributed by atoms with E-state index >= 15 is 0 Å². The summed E-state index contributed by atoms with van der Waals surface area (Å²) in [5.41, 5.74) is 1.88. The molecular weight excluding hydrogens is 230 g/mol. The van der Waals surface area contributed by atoms with Crippen molar-refractivity contribution < 1.29 is 9.53 Å². The summed E-state index contributed by atoms with van der Waals surface area (Å²) in [6.07, 6.45) is 4.56. The van der Waals surface area contributed by atoms with E-state index in [1.54, 1.807) is 6.07 Å². The van der Waals surface area contributed by atoms with Crippen LogP contribution >= 0.6 is 0 Å². The fourth-order valence-electron chi connectivity index (χ4n) is 2.07. The molecule has 18 heavy (non-hydrogen) atoms. The van der Waals surface area contributed by atoms with Crippen LogP contribution in [0.1, 0.15) is 36.9 Å². The van der Waals surface area contributed by atoms with Gasteiger partial charge in [0.25, 0.3) is 5.91 Å². The Hall–Kier alpha value is -1.65. The van der Waals surface area contributed by atoms with Crippen molar-refractivity contribution in [1.82, 2.24) is 15.5 Å². The Labute approximate surface area is 107 Å². The van der Waals surface area contributed by atoms with Gasteiger partial charge in [-0.3, -0.25) is 4.79 Å². The van der Waals surface area contributed by atoms with Crippen LogP contribution < -0.4 is 10.1 Å². The van der Waals surface area contributed by atoms with Gasteiger partial charge >= 0.3 is 0 Å². The Balaban J connectivity index is 1.79. The molecule has 1 saturated carbocycles. The molecule has 0 spiro atoms. The molecule has 1 aromatic rings. The lowest BCUT2D eigenvalue weighted by atomic mass is 10.2. The van der Waals surface area contributed by atoms with E-state index in [0.29, 0.717) is 11.9 Å². The summed E-state index contributed by atoms with van der Waals surface area (Å²) in [7, 11) is 0. The van der Waals surface area contributed by atoms with Gasteiger partial charge in [0.1, 0.15) is 0 Å². The van der Waals surface area contributed by atoms with Crippen LogP contribution in [0.2, 0.25) is 0 Å². The second-order valence-corrected chi connectivity index (χ2v) is 4.79. The summed E-state index contributed by atoms with van der Waals surface area (Å²) < 4.78 is 5.33. The Morgan fingerprint density at radius 3 is 2.78 bits per heavy atom. The summed E-state index contributed by atoms with van der Waals surface area (Å²) in [5.74, 6) is 0.321. The number of hydrogen-bond donors (Lipinski definition) is 1. The fourth-order valence-corrected chi connectivity index (χ4v) is 2.07. The third-order valence-electron chi connectivity index (χ3n) is 3.28. The van der Waals surface area contributed by atoms with E-state index in [9.17, 15) is 4.79 Å². The van der Waals surface area contributed by atoms with Crippen molar-refractivity contribution in [2.75, 3.05) is 6.61 Å². The molecule has 5 nitrogen and oxygen atoms in total. The summed E-state index contributed by atoms with van der Waals surface area (Å²) in [4.78, 5) is 11.6. The van der Waals surface area contributed by atoms with Crippen molar-refractivity contribution >= 4 is 5.91 Å². The SMILES string of the molecule is Cc1cc(OCC(=O)NC2CCCC2)nnc1C. The van der Waals surface area contributed by atoms with E-state index in [-0.39, 0.29) is 12.5 Å². The van der Waals surface area contributed by atoms with Gasteiger partial charge in [-0.1, -0.05) is 12.8 Å². The molecule has 0 aromatic carbocycles. The minimum Gasteiger partial charge on any atom is -0.466 e. The van der Waals surface area contributed by atoms with Crippen LogP contribution in [0.15, 0.2) is 6.07 Å². The summed E-state index contributed by atoms with van der Waals surface area (Å²) in [6.45, 7) is 3.84. The number of aryl methyl sites for hydroxylation is 2. The number of carbonyl (C=O) groups excluding carboxylic acids is 1. The molecule has 0 saturated heterocycles. The summed E-state index contributed by atoms with van der Waals surface area (Å²) in [5, 5.41) is 10.8. The first-order valence-corrected chi connectivity index (χ1v) is 6.38. The number of amides is 1. The maximum atomic E-state index is 11.6. The lowest BCUT2D eigenvalue weighted by molar-refractivity contribution is -0.123. The van der Waals surface area contributed by atoms with Crippen molar-refractivity contribution in [2.45, 2.75) is 45.6 Å². The predicted octanol–water partition coefficient (Wildman–Crippen LogP) is 1.53. The third kappa shape index (κ3) is 3.42. The van der Waals surface area contributed by atoms with Crippen LogP contribution in [0, 0.1) is 13.8 Å². The van der Waals surface area contributed by atoms with E-state index in [0.717, 1.165) is 24.1 Å². The molecule has 0 aliphatic heterocycles. The molecule has 5 heteroatoms. The van der Waals surface area contributed by atoms with Crippen LogP contribution in [0.3, 0.4) is 0 Å². The van der Waals surface area contributed by atoms with Crippen LogP contribution in [0.25, 0.3) is 0 Å². The zero-order chi connectivity index (χ0) is 13.0. The van der Waals surface area contributed by atoms with E-state index in [4.69, 9.17) is 4.74 Å². The molecular formula is C13H19N3O2. The topological polar surface area (TPSA) is 64.1 Å². The Kier molecular flexibility index (Phi) is 4.12. The maximum absolute atomic E-state index is 11.6. The molecule has 0 bridgehead atoms. The number of ether oxygens (including phenoxy) is 1. The zero-order valence-corrected chi connectivity index (χ0v) is 10.9. The van der Waals surface area contributed by atoms with Gasteiger partial charge < -0.3 is 10.1 Å². The van der Waals surface area contributed by atoms with Gasteiger partial charge in [0.2, 0.25) is 5.88 Å². The van der Waals surface area contributed by atoms with E-state index in [1.807, 2.05) is 13.8 Å². The van der Waals surface area contributed by atoms with Crippen molar-refractivity contribution in [3.05, 3.63) is 17.3 Å². The number of nitrogens with zero attached hydrogens (tertiary/aromatic N) is 2. The first-order chi connectivity index (χ1) is 8.65. The Morgan fingerprint density at radius 1 is 1.39 bits per heavy atom. The van der Waals surface area contributed by atoms with Crippen LogP contribution in [0.5, 0.6) is 5.88 Å². The van der Waals surface area contributed by atoms with Crippen LogP contribution in [-0.2, 0) is 4.79 Å². The number of aromatic nitrogens is 2. The highest BCUT2D eigenvalue weighted by Crippen LogP contribution is 2.17. The quantitative estimate of drug-likeness (QED) is 0.879. The van der Waals surface area contributed by atoms with Gasteiger partial charge in [-0.05, 0) is 32.3 Å². The van der Waals surface area contributed by atoms with E-state index in [2.05, 4.69) is 15.5 Å². The molecule has 1 aliphatic carbocycles. The molecule has 1 aliphatic rings. The van der Waals surface area contributed by atoms with Gasteiger partial charge in [0.05, 0.1) is 5.69 Å². The molecule has 98 valence electrons. The Morgan fingerprint density at radius 2 is 2.11 bits per heavy atom. The molecule has 0 atom stereocenters. The third-order valence-corrected chi connectivity index (χ3v) is 3.28. The van der Waals surface area contributed by atoms with Gasteiger partial charge in [0.15, 0.2) is 6.61 Å². The first-order valence-electron chi connectivity index (χ1n) is 6.38. The van der Waals surface area contributed by atoms with Gasteiger partial charge in [0, 0.05) is 12.1 Å². The lowest BCUT2D eigenvalue weighted by Gasteiger charge is -2.12. The minimum absolute atomic E-state index is 0.00762. The molecule has 0 unspecified atom stereocenters. The summed E-state index contributed by atoms with van der Waals surface area (Å²) >= 11 is 0. The predicted molar refractivity (Wildman–Crippen MR) is 67.4 cm³/mol. The van der Waals surface area contributed by atoms with Crippen molar-refractivity contribution in [1.29, 1.82) is 0 Å². The normalized spacial score (nSPS) is 15.7. The first kappa shape index (κ1) is 12.8. The second-order valence-electron chi connectivity index (χ2n) is 4.79. The minimum atomic E-state index is -0.0815.